The molecule has 0 fully saturated rings. The van der Waals surface area contributed by atoms with Crippen molar-refractivity contribution in [2.45, 2.75) is 40.0 Å². The molecule has 0 aliphatic carbocycles. The zero-order chi connectivity index (χ0) is 13.8. The molecule has 0 saturated carbocycles. The van der Waals surface area contributed by atoms with Crippen molar-refractivity contribution in [3.8, 4) is 5.69 Å². The van der Waals surface area contributed by atoms with Crippen LogP contribution >= 0.6 is 0 Å². The molecule has 2 rings (SSSR count). The summed E-state index contributed by atoms with van der Waals surface area (Å²) in [6.45, 7) is 5.95. The first-order chi connectivity index (χ1) is 9.21. The second-order valence-electron chi connectivity index (χ2n) is 4.36. The highest BCUT2D eigenvalue weighted by Crippen LogP contribution is 2.18. The van der Waals surface area contributed by atoms with E-state index in [9.17, 15) is 4.79 Å². The van der Waals surface area contributed by atoms with Crippen LogP contribution in [0.2, 0.25) is 0 Å². The lowest BCUT2D eigenvalue weighted by molar-refractivity contribution is 0.0988. The van der Waals surface area contributed by atoms with Crippen LogP contribution < -0.4 is 0 Å². The molecular weight excluding hydrogens is 238 g/mol. The Morgan fingerprint density at radius 3 is 2.53 bits per heavy atom. The number of hydrogen-bond acceptors (Lipinski definition) is 3. The fourth-order valence-corrected chi connectivity index (χ4v) is 2.05. The monoisotopic (exact) mass is 257 g/mol. The van der Waals surface area contributed by atoms with Crippen LogP contribution in [0, 0.1) is 0 Å². The van der Waals surface area contributed by atoms with E-state index in [1.54, 1.807) is 0 Å². The van der Waals surface area contributed by atoms with Gasteiger partial charge in [0.05, 0.1) is 5.69 Å². The lowest BCUT2D eigenvalue weighted by Crippen LogP contribution is -2.09. The van der Waals surface area contributed by atoms with Crippen LogP contribution in [0.3, 0.4) is 0 Å². The van der Waals surface area contributed by atoms with Gasteiger partial charge in [-0.15, -0.1) is 0 Å². The smallest absolute Gasteiger partial charge is 0.164 e. The van der Waals surface area contributed by atoms with Gasteiger partial charge in [-0.1, -0.05) is 32.9 Å². The summed E-state index contributed by atoms with van der Waals surface area (Å²) in [5.74, 6) is 1.84. The molecule has 4 heteroatoms. The molecule has 1 aromatic heterocycles. The van der Waals surface area contributed by atoms with E-state index in [1.165, 1.54) is 0 Å². The van der Waals surface area contributed by atoms with Crippen LogP contribution in [0.25, 0.3) is 5.69 Å². The molecule has 4 nitrogen and oxygen atoms in total. The van der Waals surface area contributed by atoms with Crippen LogP contribution in [0.1, 0.15) is 49.2 Å². The summed E-state index contributed by atoms with van der Waals surface area (Å²) in [5, 5.41) is 4.50. The Bertz CT molecular complexity index is 587. The highest BCUT2D eigenvalue weighted by molar-refractivity contribution is 5.99. The fraction of sp³-hybridized carbons (Fsp3) is 0.400. The summed E-state index contributed by atoms with van der Waals surface area (Å²) >= 11 is 0. The first-order valence-corrected chi connectivity index (χ1v) is 6.78. The van der Waals surface area contributed by atoms with Crippen molar-refractivity contribution in [2.24, 2.45) is 0 Å². The maximum Gasteiger partial charge on any atom is 0.164 e. The predicted octanol–water partition coefficient (Wildman–Crippen LogP) is 2.98. The molecule has 0 amide bonds. The van der Waals surface area contributed by atoms with Gasteiger partial charge >= 0.3 is 0 Å². The highest BCUT2D eigenvalue weighted by atomic mass is 16.1. The molecular formula is C15H19N3O. The molecule has 0 aliphatic heterocycles. The summed E-state index contributed by atoms with van der Waals surface area (Å²) in [4.78, 5) is 16.5. The number of hydrogen-bond donors (Lipinski definition) is 0. The minimum absolute atomic E-state index is 0.131. The van der Waals surface area contributed by atoms with Crippen LogP contribution in [0.5, 0.6) is 0 Å². The number of ketones is 1. The molecule has 19 heavy (non-hydrogen) atoms. The molecule has 0 N–H and O–H groups in total. The van der Waals surface area contributed by atoms with Crippen LogP contribution in [-0.4, -0.2) is 20.5 Å². The molecule has 0 bridgehead atoms. The van der Waals surface area contributed by atoms with Gasteiger partial charge in [0, 0.05) is 24.8 Å². The third-order valence-electron chi connectivity index (χ3n) is 3.10. The first kappa shape index (κ1) is 13.5. The molecule has 0 saturated heterocycles. The molecule has 1 heterocycles. The van der Waals surface area contributed by atoms with E-state index in [4.69, 9.17) is 0 Å². The minimum atomic E-state index is 0.131. The Kier molecular flexibility index (Phi) is 4.10. The molecule has 2 aromatic rings. The minimum Gasteiger partial charge on any atom is -0.294 e. The molecule has 0 radical (unpaired) electrons. The van der Waals surface area contributed by atoms with Crippen molar-refractivity contribution in [3.05, 3.63) is 41.5 Å². The Morgan fingerprint density at radius 1 is 1.16 bits per heavy atom. The number of nitrogens with zero attached hydrogens (tertiary/aromatic N) is 3. The van der Waals surface area contributed by atoms with Crippen LogP contribution in [0.15, 0.2) is 24.3 Å². The largest absolute Gasteiger partial charge is 0.294 e. The molecule has 1 aromatic carbocycles. The Hall–Kier alpha value is -1.97. The quantitative estimate of drug-likeness (QED) is 0.774. The topological polar surface area (TPSA) is 47.8 Å². The zero-order valence-electron chi connectivity index (χ0n) is 11.7. The summed E-state index contributed by atoms with van der Waals surface area (Å²) < 4.78 is 1.81. The first-order valence-electron chi connectivity index (χ1n) is 6.78. The number of rotatable bonds is 5. The van der Waals surface area contributed by atoms with Crippen molar-refractivity contribution in [1.29, 1.82) is 0 Å². The predicted molar refractivity (Wildman–Crippen MR) is 74.7 cm³/mol. The molecule has 0 aliphatic rings. The standard InChI is InChI=1S/C15H19N3O/c1-4-13(19)11-9-7-8-10-12(11)18-15(6-3)16-14(5-2)17-18/h7-10H,4-6H2,1-3H3. The van der Waals surface area contributed by atoms with Gasteiger partial charge < -0.3 is 0 Å². The lowest BCUT2D eigenvalue weighted by atomic mass is 10.1. The Labute approximate surface area is 113 Å². The number of carbonyl (C=O) groups excluding carboxylic acids is 1. The molecule has 0 atom stereocenters. The van der Waals surface area contributed by atoms with Gasteiger partial charge in [-0.2, -0.15) is 5.10 Å². The fourth-order valence-electron chi connectivity index (χ4n) is 2.05. The summed E-state index contributed by atoms with van der Waals surface area (Å²) in [6, 6.07) is 7.59. The van der Waals surface area contributed by atoms with E-state index < -0.39 is 0 Å². The van der Waals surface area contributed by atoms with Gasteiger partial charge in [0.1, 0.15) is 5.82 Å². The third kappa shape index (κ3) is 2.57. The summed E-state index contributed by atoms with van der Waals surface area (Å²) in [6.07, 6.45) is 2.08. The number of aryl methyl sites for hydroxylation is 2. The van der Waals surface area contributed by atoms with Gasteiger partial charge in [0.15, 0.2) is 11.6 Å². The number of benzene rings is 1. The zero-order valence-corrected chi connectivity index (χ0v) is 11.7. The summed E-state index contributed by atoms with van der Waals surface area (Å²) in [5.41, 5.74) is 1.55. The molecule has 0 unspecified atom stereocenters. The van der Waals surface area contributed by atoms with Crippen molar-refractivity contribution >= 4 is 5.78 Å². The number of Topliss-reactive ketones (excluding diaryl/α,β-unsaturated/α-hetero) is 1. The average Bonchev–Trinajstić information content (AvgIpc) is 2.89. The second kappa shape index (κ2) is 5.78. The van der Waals surface area contributed by atoms with Gasteiger partial charge in [0.2, 0.25) is 0 Å². The van der Waals surface area contributed by atoms with Crippen LogP contribution in [0.4, 0.5) is 0 Å². The highest BCUT2D eigenvalue weighted by Gasteiger charge is 2.15. The van der Waals surface area contributed by atoms with E-state index in [0.29, 0.717) is 12.0 Å². The molecule has 100 valence electrons. The Balaban J connectivity index is 2.58. The van der Waals surface area contributed by atoms with E-state index in [0.717, 1.165) is 30.2 Å². The SMILES string of the molecule is CCC(=O)c1ccccc1-n1nc(CC)nc1CC. The number of carbonyl (C=O) groups is 1. The second-order valence-corrected chi connectivity index (χ2v) is 4.36. The van der Waals surface area contributed by atoms with Gasteiger partial charge in [-0.25, -0.2) is 9.67 Å². The maximum absolute atomic E-state index is 12.0. The Morgan fingerprint density at radius 2 is 1.89 bits per heavy atom. The normalized spacial score (nSPS) is 10.7. The lowest BCUT2D eigenvalue weighted by Gasteiger charge is -2.09. The summed E-state index contributed by atoms with van der Waals surface area (Å²) in [7, 11) is 0. The third-order valence-corrected chi connectivity index (χ3v) is 3.10. The maximum atomic E-state index is 12.0. The van der Waals surface area contributed by atoms with E-state index in [2.05, 4.69) is 10.1 Å². The van der Waals surface area contributed by atoms with E-state index >= 15 is 0 Å². The number of para-hydroxylation sites is 1. The van der Waals surface area contributed by atoms with Crippen molar-refractivity contribution in [1.82, 2.24) is 14.8 Å². The van der Waals surface area contributed by atoms with Gasteiger partial charge in [-0.3, -0.25) is 4.79 Å². The van der Waals surface area contributed by atoms with Gasteiger partial charge in [-0.05, 0) is 12.1 Å². The van der Waals surface area contributed by atoms with Crippen molar-refractivity contribution in [3.63, 3.8) is 0 Å². The average molecular weight is 257 g/mol. The van der Waals surface area contributed by atoms with Crippen molar-refractivity contribution in [2.75, 3.05) is 0 Å². The molecule has 0 spiro atoms. The van der Waals surface area contributed by atoms with Crippen molar-refractivity contribution < 1.29 is 4.79 Å². The van der Waals surface area contributed by atoms with Crippen LogP contribution in [-0.2, 0) is 12.8 Å². The number of aromatic nitrogens is 3. The van der Waals surface area contributed by atoms with Gasteiger partial charge in [0.25, 0.3) is 0 Å². The van der Waals surface area contributed by atoms with E-state index in [1.807, 2.05) is 49.7 Å². The van der Waals surface area contributed by atoms with E-state index in [-0.39, 0.29) is 5.78 Å².